The minimum absolute atomic E-state index is 0.0139. The fourth-order valence-corrected chi connectivity index (χ4v) is 5.69. The molecule has 38 heavy (non-hydrogen) atoms. The molecule has 3 aromatic carbocycles. The van der Waals surface area contributed by atoms with Gasteiger partial charge in [0.1, 0.15) is 5.25 Å². The molecule has 0 aliphatic carbocycles. The summed E-state index contributed by atoms with van der Waals surface area (Å²) < 4.78 is 2.03. The van der Waals surface area contributed by atoms with Crippen LogP contribution < -0.4 is 0 Å². The molecule has 0 unspecified atom stereocenters. The Hall–Kier alpha value is -4.49. The molecule has 3 heterocycles. The van der Waals surface area contributed by atoms with Crippen molar-refractivity contribution in [1.82, 2.24) is 24.7 Å². The van der Waals surface area contributed by atoms with Crippen LogP contribution in [0.25, 0.3) is 28.0 Å². The highest BCUT2D eigenvalue weighted by molar-refractivity contribution is 8.00. The molecule has 1 N–H and O–H groups in total. The summed E-state index contributed by atoms with van der Waals surface area (Å²) in [5.74, 6) is 0.713. The number of aromatic amines is 1. The van der Waals surface area contributed by atoms with E-state index in [9.17, 15) is 4.79 Å². The number of nitrogens with zero attached hydrogens (tertiary/aromatic N) is 4. The van der Waals surface area contributed by atoms with Crippen LogP contribution >= 0.6 is 11.8 Å². The molecule has 0 amide bonds. The number of aryl methyl sites for hydroxylation is 1. The Morgan fingerprint density at radius 2 is 1.63 bits per heavy atom. The van der Waals surface area contributed by atoms with Crippen LogP contribution in [0, 0.1) is 0 Å². The van der Waals surface area contributed by atoms with E-state index in [0.717, 1.165) is 34.1 Å². The predicted octanol–water partition coefficient (Wildman–Crippen LogP) is 7.09. The number of aromatic nitrogens is 5. The van der Waals surface area contributed by atoms with Crippen molar-refractivity contribution < 1.29 is 4.79 Å². The van der Waals surface area contributed by atoms with Gasteiger partial charge in [0.05, 0.1) is 0 Å². The van der Waals surface area contributed by atoms with E-state index in [4.69, 9.17) is 0 Å². The van der Waals surface area contributed by atoms with Gasteiger partial charge in [-0.3, -0.25) is 14.3 Å². The largest absolute Gasteiger partial charge is 0.360 e. The molecule has 1 atom stereocenters. The summed E-state index contributed by atoms with van der Waals surface area (Å²) in [5.41, 5.74) is 5.60. The first-order chi connectivity index (χ1) is 18.7. The van der Waals surface area contributed by atoms with E-state index in [2.05, 4.69) is 51.4 Å². The summed E-state index contributed by atoms with van der Waals surface area (Å²) in [6.45, 7) is 2.14. The minimum Gasteiger partial charge on any atom is -0.360 e. The Morgan fingerprint density at radius 3 is 2.39 bits per heavy atom. The Kier molecular flexibility index (Phi) is 6.58. The zero-order valence-corrected chi connectivity index (χ0v) is 21.6. The number of ketones is 1. The normalized spacial score (nSPS) is 12.0. The number of para-hydroxylation sites is 1. The molecule has 0 saturated heterocycles. The third-order valence-electron chi connectivity index (χ3n) is 6.59. The average Bonchev–Trinajstić information content (AvgIpc) is 3.61. The number of rotatable bonds is 8. The number of benzene rings is 3. The second-order valence-corrected chi connectivity index (χ2v) is 9.99. The molecule has 0 aliphatic rings. The van der Waals surface area contributed by atoms with Crippen LogP contribution in [0.5, 0.6) is 0 Å². The topological polar surface area (TPSA) is 76.5 Å². The summed E-state index contributed by atoms with van der Waals surface area (Å²) in [6, 6.07) is 30.0. The Morgan fingerprint density at radius 1 is 0.895 bits per heavy atom. The van der Waals surface area contributed by atoms with Crippen molar-refractivity contribution in [3.63, 3.8) is 0 Å². The van der Waals surface area contributed by atoms with Gasteiger partial charge in [-0.1, -0.05) is 79.3 Å². The van der Waals surface area contributed by atoms with Crippen LogP contribution in [0.2, 0.25) is 0 Å². The second-order valence-electron chi connectivity index (χ2n) is 8.92. The second kappa shape index (κ2) is 10.5. The van der Waals surface area contributed by atoms with Crippen LogP contribution in [-0.2, 0) is 6.42 Å². The maximum atomic E-state index is 14.1. The molecule has 6 nitrogen and oxygen atoms in total. The highest BCUT2D eigenvalue weighted by Gasteiger charge is 2.29. The Balaban J connectivity index is 1.47. The van der Waals surface area contributed by atoms with E-state index in [1.807, 2.05) is 71.3 Å². The van der Waals surface area contributed by atoms with Gasteiger partial charge in [0.15, 0.2) is 16.8 Å². The van der Waals surface area contributed by atoms with Gasteiger partial charge in [0.2, 0.25) is 0 Å². The first kappa shape index (κ1) is 23.9. The lowest BCUT2D eigenvalue weighted by Crippen LogP contribution is -2.11. The maximum Gasteiger partial charge on any atom is 0.197 e. The third kappa shape index (κ3) is 4.53. The Labute approximate surface area is 224 Å². The van der Waals surface area contributed by atoms with Crippen LogP contribution in [0.4, 0.5) is 0 Å². The van der Waals surface area contributed by atoms with Crippen LogP contribution in [-0.4, -0.2) is 30.5 Å². The van der Waals surface area contributed by atoms with Crippen LogP contribution in [0.15, 0.2) is 115 Å². The fraction of sp³-hybridized carbons (Fsp3) is 0.0968. The van der Waals surface area contributed by atoms with E-state index in [1.54, 1.807) is 18.6 Å². The molecule has 3 aromatic heterocycles. The van der Waals surface area contributed by atoms with Crippen molar-refractivity contribution in [2.45, 2.75) is 23.8 Å². The zero-order chi connectivity index (χ0) is 25.9. The molecule has 0 radical (unpaired) electrons. The summed E-state index contributed by atoms with van der Waals surface area (Å²) in [7, 11) is 0. The standard InChI is InChI=1S/C31H25N5OS/c1-2-21-12-14-24(15-13-21)36-30(23-16-18-32-19-17-23)34-35-31(36)38-29(22-8-4-3-5-9-22)28(37)26-20-33-27-11-7-6-10-25(26)27/h3-20,29,33H,2H2,1H3/t29-/m1/s1. The van der Waals surface area contributed by atoms with Crippen molar-refractivity contribution in [3.8, 4) is 17.1 Å². The van der Waals surface area contributed by atoms with E-state index in [-0.39, 0.29) is 5.78 Å². The summed E-state index contributed by atoms with van der Waals surface area (Å²) in [5, 5.41) is 10.2. The number of pyridine rings is 1. The number of hydrogen-bond acceptors (Lipinski definition) is 5. The number of nitrogens with one attached hydrogen (secondary N) is 1. The molecule has 7 heteroatoms. The van der Waals surface area contributed by atoms with Gasteiger partial charge in [-0.2, -0.15) is 0 Å². The van der Waals surface area contributed by atoms with Gasteiger partial charge < -0.3 is 4.98 Å². The lowest BCUT2D eigenvalue weighted by atomic mass is 10.0. The van der Waals surface area contributed by atoms with E-state index in [0.29, 0.717) is 16.5 Å². The number of thioether (sulfide) groups is 1. The van der Waals surface area contributed by atoms with Crippen molar-refractivity contribution in [1.29, 1.82) is 0 Å². The number of hydrogen-bond donors (Lipinski definition) is 1. The number of carbonyl (C=O) groups is 1. The summed E-state index contributed by atoms with van der Waals surface area (Å²) in [4.78, 5) is 21.5. The van der Waals surface area contributed by atoms with E-state index >= 15 is 0 Å². The SMILES string of the molecule is CCc1ccc(-n2c(S[C@@H](C(=O)c3c[nH]c4ccccc34)c3ccccc3)nnc2-c2ccncc2)cc1. The van der Waals surface area contributed by atoms with Gasteiger partial charge in [-0.25, -0.2) is 0 Å². The van der Waals surface area contributed by atoms with Crippen molar-refractivity contribution in [2.24, 2.45) is 0 Å². The number of fused-ring (bicyclic) bond motifs is 1. The van der Waals surface area contributed by atoms with Gasteiger partial charge in [0, 0.05) is 46.3 Å². The summed E-state index contributed by atoms with van der Waals surface area (Å²) in [6.07, 6.45) is 6.25. The molecule has 0 aliphatic heterocycles. The number of carbonyl (C=O) groups excluding carboxylic acids is 1. The molecule has 6 rings (SSSR count). The first-order valence-corrected chi connectivity index (χ1v) is 13.4. The van der Waals surface area contributed by atoms with Gasteiger partial charge >= 0.3 is 0 Å². The summed E-state index contributed by atoms with van der Waals surface area (Å²) >= 11 is 1.41. The molecular formula is C31H25N5OS. The van der Waals surface area contributed by atoms with Gasteiger partial charge in [-0.15, -0.1) is 10.2 Å². The van der Waals surface area contributed by atoms with Gasteiger partial charge in [-0.05, 0) is 47.9 Å². The number of H-pyrrole nitrogens is 1. The minimum atomic E-state index is -0.515. The molecule has 0 bridgehead atoms. The third-order valence-corrected chi connectivity index (χ3v) is 7.79. The predicted molar refractivity (Wildman–Crippen MR) is 152 cm³/mol. The maximum absolute atomic E-state index is 14.1. The molecule has 0 spiro atoms. The van der Waals surface area contributed by atoms with Gasteiger partial charge in [0.25, 0.3) is 0 Å². The molecule has 0 fully saturated rings. The monoisotopic (exact) mass is 515 g/mol. The zero-order valence-electron chi connectivity index (χ0n) is 20.8. The van der Waals surface area contributed by atoms with Crippen molar-refractivity contribution in [2.75, 3.05) is 0 Å². The molecule has 186 valence electrons. The van der Waals surface area contributed by atoms with Crippen LogP contribution in [0.1, 0.15) is 33.7 Å². The fourth-order valence-electron chi connectivity index (χ4n) is 4.57. The highest BCUT2D eigenvalue weighted by atomic mass is 32.2. The van der Waals surface area contributed by atoms with E-state index in [1.165, 1.54) is 17.3 Å². The van der Waals surface area contributed by atoms with Crippen LogP contribution in [0.3, 0.4) is 0 Å². The van der Waals surface area contributed by atoms with Crippen molar-refractivity contribution in [3.05, 3.63) is 126 Å². The highest BCUT2D eigenvalue weighted by Crippen LogP contribution is 2.40. The lowest BCUT2D eigenvalue weighted by molar-refractivity contribution is 0.0991. The molecule has 0 saturated carbocycles. The quantitative estimate of drug-likeness (QED) is 0.173. The van der Waals surface area contributed by atoms with E-state index < -0.39 is 5.25 Å². The number of Topliss-reactive ketones (excluding diaryl/α,β-unsaturated/α-hetero) is 1. The Bertz CT molecular complexity index is 1690. The average molecular weight is 516 g/mol. The molecule has 6 aromatic rings. The first-order valence-electron chi connectivity index (χ1n) is 12.5. The molecular weight excluding hydrogens is 490 g/mol. The van der Waals surface area contributed by atoms with Crippen molar-refractivity contribution >= 4 is 28.4 Å². The lowest BCUT2D eigenvalue weighted by Gasteiger charge is -2.17. The smallest absolute Gasteiger partial charge is 0.197 e.